The lowest BCUT2D eigenvalue weighted by molar-refractivity contribution is -0.127. The van der Waals surface area contributed by atoms with Gasteiger partial charge in [-0.3, -0.25) is 25.8 Å². The van der Waals surface area contributed by atoms with Crippen molar-refractivity contribution >= 4 is 11.8 Å². The number of hydrazine groups is 1. The molecule has 0 aliphatic carbocycles. The van der Waals surface area contributed by atoms with Crippen molar-refractivity contribution in [2.75, 3.05) is 6.54 Å². The molecule has 0 radical (unpaired) electrons. The number of rotatable bonds is 5. The van der Waals surface area contributed by atoms with Gasteiger partial charge in [-0.15, -0.1) is 0 Å². The molecule has 0 heterocycles. The van der Waals surface area contributed by atoms with E-state index in [4.69, 9.17) is 0 Å². The molecule has 0 fully saturated rings. The number of hydrogen-bond donors (Lipinski definition) is 3. The Balaban J connectivity index is 2.10. The van der Waals surface area contributed by atoms with Crippen LogP contribution in [0.3, 0.4) is 0 Å². The van der Waals surface area contributed by atoms with E-state index in [-0.39, 0.29) is 24.4 Å². The van der Waals surface area contributed by atoms with E-state index >= 15 is 0 Å². The van der Waals surface area contributed by atoms with Crippen molar-refractivity contribution in [3.63, 3.8) is 0 Å². The molecule has 23 heavy (non-hydrogen) atoms. The molecule has 0 unspecified atom stereocenters. The molecule has 5 heteroatoms. The van der Waals surface area contributed by atoms with Gasteiger partial charge in [0.25, 0.3) is 5.91 Å². The van der Waals surface area contributed by atoms with E-state index in [0.717, 1.165) is 11.1 Å². The molecular weight excluding hydrogens is 290 g/mol. The highest BCUT2D eigenvalue weighted by Crippen LogP contribution is 2.22. The van der Waals surface area contributed by atoms with Gasteiger partial charge in [-0.1, -0.05) is 60.2 Å². The lowest BCUT2D eigenvalue weighted by Crippen LogP contribution is -2.45. The van der Waals surface area contributed by atoms with Crippen molar-refractivity contribution in [2.24, 2.45) is 0 Å². The first kappa shape index (κ1) is 16.7. The molecule has 1 atom stereocenters. The monoisotopic (exact) mass is 311 g/mol. The lowest BCUT2D eigenvalue weighted by atomic mass is 9.98. The van der Waals surface area contributed by atoms with Gasteiger partial charge in [0.2, 0.25) is 5.91 Å². The number of carbonyl (C=O) groups excluding carboxylic acids is 2. The average molecular weight is 311 g/mol. The molecule has 3 N–H and O–H groups in total. The predicted molar refractivity (Wildman–Crippen MR) is 89.4 cm³/mol. The molecule has 0 aliphatic heterocycles. The van der Waals surface area contributed by atoms with Crippen LogP contribution in [-0.4, -0.2) is 18.4 Å². The summed E-state index contributed by atoms with van der Waals surface area (Å²) in [5.41, 5.74) is 7.96. The number of hydrogen-bond acceptors (Lipinski definition) is 3. The number of nitrogens with one attached hydrogen (secondary N) is 3. The third-order valence-electron chi connectivity index (χ3n) is 3.39. The Bertz CT molecular complexity index is 654. The molecule has 120 valence electrons. The van der Waals surface area contributed by atoms with Gasteiger partial charge in [0.15, 0.2) is 0 Å². The number of amides is 2. The second kappa shape index (κ2) is 8.10. The molecule has 0 saturated heterocycles. The second-order valence-electron chi connectivity index (χ2n) is 5.36. The van der Waals surface area contributed by atoms with Gasteiger partial charge in [0, 0.05) is 6.92 Å². The summed E-state index contributed by atoms with van der Waals surface area (Å²) in [5.74, 6) is -0.607. The maximum Gasteiger partial charge on any atom is 0.252 e. The smallest absolute Gasteiger partial charge is 0.252 e. The quantitative estimate of drug-likeness (QED) is 0.738. The molecule has 5 nitrogen and oxygen atoms in total. The topological polar surface area (TPSA) is 70.2 Å². The van der Waals surface area contributed by atoms with Crippen LogP contribution >= 0.6 is 0 Å². The Kier molecular flexibility index (Phi) is 5.88. The van der Waals surface area contributed by atoms with Crippen LogP contribution in [0.4, 0.5) is 0 Å². The number of benzene rings is 2. The summed E-state index contributed by atoms with van der Waals surface area (Å²) < 4.78 is 0. The van der Waals surface area contributed by atoms with Crippen LogP contribution in [0.15, 0.2) is 54.6 Å². The Morgan fingerprint density at radius 2 is 1.52 bits per heavy atom. The summed E-state index contributed by atoms with van der Waals surface area (Å²) in [5, 5.41) is 3.23. The molecule has 0 bridgehead atoms. The van der Waals surface area contributed by atoms with Crippen molar-refractivity contribution in [1.29, 1.82) is 0 Å². The Morgan fingerprint density at radius 1 is 0.913 bits per heavy atom. The highest BCUT2D eigenvalue weighted by molar-refractivity contribution is 5.82. The predicted octanol–water partition coefficient (Wildman–Crippen LogP) is 1.84. The van der Waals surface area contributed by atoms with Crippen molar-refractivity contribution in [2.45, 2.75) is 19.9 Å². The fraction of sp³-hybridized carbons (Fsp3) is 0.222. The van der Waals surface area contributed by atoms with Crippen LogP contribution in [0, 0.1) is 6.92 Å². The molecule has 0 aromatic heterocycles. The maximum atomic E-state index is 11.8. The van der Waals surface area contributed by atoms with Crippen LogP contribution < -0.4 is 16.2 Å². The summed E-state index contributed by atoms with van der Waals surface area (Å²) in [4.78, 5) is 22.6. The van der Waals surface area contributed by atoms with Crippen LogP contribution in [0.2, 0.25) is 0 Å². The van der Waals surface area contributed by atoms with E-state index in [1.807, 2.05) is 61.5 Å². The molecule has 0 spiro atoms. The zero-order chi connectivity index (χ0) is 16.7. The van der Waals surface area contributed by atoms with Crippen LogP contribution in [0.25, 0.3) is 0 Å². The zero-order valence-electron chi connectivity index (χ0n) is 13.3. The van der Waals surface area contributed by atoms with Gasteiger partial charge in [0.1, 0.15) is 0 Å². The fourth-order valence-corrected chi connectivity index (χ4v) is 2.23. The summed E-state index contributed by atoms with van der Waals surface area (Å²) in [6, 6.07) is 18.0. The number of carbonyl (C=O) groups is 2. The van der Waals surface area contributed by atoms with Crippen molar-refractivity contribution in [1.82, 2.24) is 16.2 Å². The first-order chi connectivity index (χ1) is 11.1. The first-order valence-corrected chi connectivity index (χ1v) is 7.46. The summed E-state index contributed by atoms with van der Waals surface area (Å²) in [6.45, 7) is 3.47. The summed E-state index contributed by atoms with van der Waals surface area (Å²) in [6.07, 6.45) is 0. The lowest BCUT2D eigenvalue weighted by Gasteiger charge is -2.20. The largest absolute Gasteiger partial charge is 0.298 e. The molecule has 2 aromatic carbocycles. The van der Waals surface area contributed by atoms with Gasteiger partial charge >= 0.3 is 0 Å². The van der Waals surface area contributed by atoms with E-state index < -0.39 is 0 Å². The third-order valence-corrected chi connectivity index (χ3v) is 3.39. The highest BCUT2D eigenvalue weighted by atomic mass is 16.2. The van der Waals surface area contributed by atoms with Crippen molar-refractivity contribution in [3.05, 3.63) is 71.3 Å². The van der Waals surface area contributed by atoms with Gasteiger partial charge in [-0.05, 0) is 18.1 Å². The minimum absolute atomic E-state index is 0.0910. The SMILES string of the molecule is CC(=O)NNC(=O)CN[C@@H](c1ccccc1)c1ccc(C)cc1. The Labute approximate surface area is 136 Å². The number of aryl methyl sites for hydroxylation is 1. The minimum atomic E-state index is -0.309. The van der Waals surface area contributed by atoms with Crippen LogP contribution in [-0.2, 0) is 9.59 Å². The van der Waals surface area contributed by atoms with Gasteiger partial charge in [0.05, 0.1) is 12.6 Å². The molecule has 2 aromatic rings. The third kappa shape index (κ3) is 5.23. The van der Waals surface area contributed by atoms with E-state index in [0.29, 0.717) is 0 Å². The maximum absolute atomic E-state index is 11.8. The fourth-order valence-electron chi connectivity index (χ4n) is 2.23. The molecule has 0 saturated carbocycles. The minimum Gasteiger partial charge on any atom is -0.298 e. The summed E-state index contributed by atoms with van der Waals surface area (Å²) in [7, 11) is 0. The first-order valence-electron chi connectivity index (χ1n) is 7.46. The standard InChI is InChI=1S/C18H21N3O2/c1-13-8-10-16(11-9-13)18(15-6-4-3-5-7-15)19-12-17(23)21-20-14(2)22/h3-11,18-19H,12H2,1-2H3,(H,20,22)(H,21,23)/t18-/m0/s1. The molecule has 2 amide bonds. The van der Waals surface area contributed by atoms with Gasteiger partial charge < -0.3 is 0 Å². The Morgan fingerprint density at radius 3 is 2.13 bits per heavy atom. The van der Waals surface area contributed by atoms with Gasteiger partial charge in [-0.25, -0.2) is 0 Å². The van der Waals surface area contributed by atoms with Crippen LogP contribution in [0.5, 0.6) is 0 Å². The molecule has 0 aliphatic rings. The molecular formula is C18H21N3O2. The van der Waals surface area contributed by atoms with E-state index in [9.17, 15) is 9.59 Å². The van der Waals surface area contributed by atoms with Gasteiger partial charge in [-0.2, -0.15) is 0 Å². The summed E-state index contributed by atoms with van der Waals surface area (Å²) >= 11 is 0. The second-order valence-corrected chi connectivity index (χ2v) is 5.36. The zero-order valence-corrected chi connectivity index (χ0v) is 13.3. The normalized spacial score (nSPS) is 11.6. The van der Waals surface area contributed by atoms with E-state index in [1.165, 1.54) is 12.5 Å². The highest BCUT2D eigenvalue weighted by Gasteiger charge is 2.14. The van der Waals surface area contributed by atoms with Crippen LogP contribution in [0.1, 0.15) is 29.7 Å². The van der Waals surface area contributed by atoms with E-state index in [2.05, 4.69) is 16.2 Å². The average Bonchev–Trinajstić information content (AvgIpc) is 2.55. The van der Waals surface area contributed by atoms with E-state index in [1.54, 1.807) is 0 Å². The molecule has 2 rings (SSSR count). The van der Waals surface area contributed by atoms with Crippen molar-refractivity contribution in [3.8, 4) is 0 Å². The Hall–Kier alpha value is -2.66. The van der Waals surface area contributed by atoms with Crippen molar-refractivity contribution < 1.29 is 9.59 Å².